The number of aryl methyl sites for hydroxylation is 1. The van der Waals surface area contributed by atoms with Crippen LogP contribution in [-0.4, -0.2) is 23.7 Å². The molecule has 0 spiro atoms. The second kappa shape index (κ2) is 5.76. The van der Waals surface area contributed by atoms with Gasteiger partial charge in [0.25, 0.3) is 5.91 Å². The predicted molar refractivity (Wildman–Crippen MR) is 68.8 cm³/mol. The van der Waals surface area contributed by atoms with Gasteiger partial charge in [0.15, 0.2) is 6.10 Å². The van der Waals surface area contributed by atoms with Crippen LogP contribution >= 0.6 is 0 Å². The lowest BCUT2D eigenvalue weighted by atomic mass is 10.0. The van der Waals surface area contributed by atoms with Crippen LogP contribution in [0.3, 0.4) is 0 Å². The zero-order chi connectivity index (χ0) is 13.0. The van der Waals surface area contributed by atoms with Gasteiger partial charge in [-0.15, -0.1) is 0 Å². The largest absolute Gasteiger partial charge is 0.508 e. The molecule has 0 radical (unpaired) electrons. The van der Waals surface area contributed by atoms with Gasteiger partial charge in [-0.3, -0.25) is 4.79 Å². The third kappa shape index (κ3) is 2.94. The Morgan fingerprint density at radius 3 is 3.17 bits per heavy atom. The molecule has 1 amide bonds. The minimum Gasteiger partial charge on any atom is -0.508 e. The van der Waals surface area contributed by atoms with E-state index >= 15 is 0 Å². The van der Waals surface area contributed by atoms with E-state index in [9.17, 15) is 9.90 Å². The van der Waals surface area contributed by atoms with Crippen molar-refractivity contribution < 1.29 is 14.6 Å². The first kappa shape index (κ1) is 12.7. The molecule has 0 saturated carbocycles. The second-order valence-electron chi connectivity index (χ2n) is 4.58. The maximum Gasteiger partial charge on any atom is 0.261 e. The quantitative estimate of drug-likeness (QED) is 0.802. The zero-order valence-corrected chi connectivity index (χ0v) is 10.6. The molecule has 0 aliphatic carbocycles. The number of carbonyl (C=O) groups excluding carboxylic acids is 1. The Labute approximate surface area is 107 Å². The molecule has 4 heteroatoms. The fraction of sp³-hybridized carbons (Fsp3) is 0.500. The molecule has 1 heterocycles. The van der Waals surface area contributed by atoms with Crippen LogP contribution in [0.5, 0.6) is 11.5 Å². The van der Waals surface area contributed by atoms with Crippen molar-refractivity contribution in [2.45, 2.75) is 38.7 Å². The fourth-order valence-electron chi connectivity index (χ4n) is 2.05. The number of hydrogen-bond donors (Lipinski definition) is 2. The van der Waals surface area contributed by atoms with Crippen molar-refractivity contribution in [2.24, 2.45) is 0 Å². The van der Waals surface area contributed by atoms with Gasteiger partial charge in [-0.1, -0.05) is 19.4 Å². The molecule has 1 atom stereocenters. The van der Waals surface area contributed by atoms with Gasteiger partial charge >= 0.3 is 0 Å². The molecule has 0 saturated heterocycles. The molecule has 1 aromatic carbocycles. The number of fused-ring (bicyclic) bond motifs is 1. The lowest BCUT2D eigenvalue weighted by Crippen LogP contribution is -2.40. The molecule has 0 aromatic heterocycles. The summed E-state index contributed by atoms with van der Waals surface area (Å²) in [5.74, 6) is 0.732. The number of amides is 1. The molecule has 18 heavy (non-hydrogen) atoms. The summed E-state index contributed by atoms with van der Waals surface area (Å²) in [7, 11) is 0. The van der Waals surface area contributed by atoms with Gasteiger partial charge in [0.05, 0.1) is 0 Å². The first-order valence-electron chi connectivity index (χ1n) is 6.47. The third-order valence-corrected chi connectivity index (χ3v) is 3.12. The van der Waals surface area contributed by atoms with E-state index in [1.807, 2.05) is 6.07 Å². The molecule has 1 aliphatic rings. The number of ether oxygens (including phenoxy) is 1. The average molecular weight is 249 g/mol. The molecular weight excluding hydrogens is 230 g/mol. The number of nitrogens with one attached hydrogen (secondary N) is 1. The molecule has 0 bridgehead atoms. The van der Waals surface area contributed by atoms with E-state index in [0.29, 0.717) is 18.7 Å². The van der Waals surface area contributed by atoms with Gasteiger partial charge in [0.2, 0.25) is 0 Å². The van der Waals surface area contributed by atoms with E-state index in [4.69, 9.17) is 4.74 Å². The number of unbranched alkanes of at least 4 members (excludes halogenated alkanes) is 1. The van der Waals surface area contributed by atoms with Crippen LogP contribution < -0.4 is 10.1 Å². The molecule has 2 N–H and O–H groups in total. The predicted octanol–water partition coefficient (Wildman–Crippen LogP) is 2.00. The van der Waals surface area contributed by atoms with Gasteiger partial charge in [-0.2, -0.15) is 0 Å². The summed E-state index contributed by atoms with van der Waals surface area (Å²) in [5, 5.41) is 12.3. The van der Waals surface area contributed by atoms with Gasteiger partial charge in [-0.25, -0.2) is 0 Å². The Hall–Kier alpha value is -1.71. The van der Waals surface area contributed by atoms with Crippen LogP contribution in [0.25, 0.3) is 0 Å². The normalized spacial score (nSPS) is 17.7. The number of rotatable bonds is 4. The summed E-state index contributed by atoms with van der Waals surface area (Å²) in [5.41, 5.74) is 1.05. The summed E-state index contributed by atoms with van der Waals surface area (Å²) >= 11 is 0. The van der Waals surface area contributed by atoms with Gasteiger partial charge < -0.3 is 15.2 Å². The number of benzene rings is 1. The molecule has 4 nitrogen and oxygen atoms in total. The minimum atomic E-state index is -0.434. The highest BCUT2D eigenvalue weighted by atomic mass is 16.5. The summed E-state index contributed by atoms with van der Waals surface area (Å²) in [4.78, 5) is 11.9. The Balaban J connectivity index is 1.96. The molecule has 2 rings (SSSR count). The highest BCUT2D eigenvalue weighted by Gasteiger charge is 2.25. The number of aromatic hydroxyl groups is 1. The monoisotopic (exact) mass is 249 g/mol. The van der Waals surface area contributed by atoms with Crippen LogP contribution in [0.1, 0.15) is 31.7 Å². The Morgan fingerprint density at radius 1 is 1.56 bits per heavy atom. The number of phenolic OH excluding ortho intramolecular Hbond substituents is 1. The van der Waals surface area contributed by atoms with E-state index in [-0.39, 0.29) is 11.7 Å². The topological polar surface area (TPSA) is 58.6 Å². The van der Waals surface area contributed by atoms with Crippen molar-refractivity contribution in [3.8, 4) is 11.5 Å². The molecule has 1 aromatic rings. The maximum absolute atomic E-state index is 11.9. The summed E-state index contributed by atoms with van der Waals surface area (Å²) in [6.07, 6.45) is 3.10. The molecule has 1 unspecified atom stereocenters. The lowest BCUT2D eigenvalue weighted by Gasteiger charge is -2.25. The van der Waals surface area contributed by atoms with Crippen molar-refractivity contribution in [2.75, 3.05) is 6.54 Å². The summed E-state index contributed by atoms with van der Waals surface area (Å²) < 4.78 is 5.63. The summed E-state index contributed by atoms with van der Waals surface area (Å²) in [6.45, 7) is 2.78. The van der Waals surface area contributed by atoms with Crippen molar-refractivity contribution in [1.29, 1.82) is 0 Å². The molecule has 98 valence electrons. The highest BCUT2D eigenvalue weighted by Crippen LogP contribution is 2.30. The molecular formula is C14H19NO3. The van der Waals surface area contributed by atoms with Gasteiger partial charge in [0, 0.05) is 12.6 Å². The number of hydrogen-bond acceptors (Lipinski definition) is 3. The highest BCUT2D eigenvalue weighted by molar-refractivity contribution is 5.81. The van der Waals surface area contributed by atoms with Crippen molar-refractivity contribution in [3.63, 3.8) is 0 Å². The Kier molecular flexibility index (Phi) is 4.07. The van der Waals surface area contributed by atoms with E-state index < -0.39 is 6.10 Å². The maximum atomic E-state index is 11.9. The Bertz CT molecular complexity index is 431. The van der Waals surface area contributed by atoms with Crippen LogP contribution in [0.15, 0.2) is 18.2 Å². The smallest absolute Gasteiger partial charge is 0.261 e. The van der Waals surface area contributed by atoms with Crippen molar-refractivity contribution >= 4 is 5.91 Å². The standard InChI is InChI=1S/C14H19NO3/c1-2-3-8-15-14(17)12-7-5-10-4-6-11(16)9-13(10)18-12/h4,6,9,12,16H,2-3,5,7-8H2,1H3,(H,15,17). The molecule has 0 fully saturated rings. The van der Waals surface area contributed by atoms with Crippen LogP contribution in [0.4, 0.5) is 0 Å². The summed E-state index contributed by atoms with van der Waals surface area (Å²) in [6, 6.07) is 5.06. The van der Waals surface area contributed by atoms with Crippen LogP contribution in [-0.2, 0) is 11.2 Å². The molecule has 1 aliphatic heterocycles. The van der Waals surface area contributed by atoms with E-state index in [2.05, 4.69) is 12.2 Å². The van der Waals surface area contributed by atoms with Crippen molar-refractivity contribution in [3.05, 3.63) is 23.8 Å². The van der Waals surface area contributed by atoms with Gasteiger partial charge in [-0.05, 0) is 30.9 Å². The van der Waals surface area contributed by atoms with Crippen LogP contribution in [0.2, 0.25) is 0 Å². The third-order valence-electron chi connectivity index (χ3n) is 3.12. The second-order valence-corrected chi connectivity index (χ2v) is 4.58. The SMILES string of the molecule is CCCCNC(=O)C1CCc2ccc(O)cc2O1. The minimum absolute atomic E-state index is 0.0579. The first-order chi connectivity index (χ1) is 8.70. The lowest BCUT2D eigenvalue weighted by molar-refractivity contribution is -0.128. The zero-order valence-electron chi connectivity index (χ0n) is 10.6. The Morgan fingerprint density at radius 2 is 2.39 bits per heavy atom. The van der Waals surface area contributed by atoms with Crippen LogP contribution in [0, 0.1) is 0 Å². The van der Waals surface area contributed by atoms with E-state index in [1.54, 1.807) is 12.1 Å². The van der Waals surface area contributed by atoms with E-state index in [1.165, 1.54) is 0 Å². The number of phenols is 1. The first-order valence-corrected chi connectivity index (χ1v) is 6.47. The fourth-order valence-corrected chi connectivity index (χ4v) is 2.05. The van der Waals surface area contributed by atoms with Crippen molar-refractivity contribution in [1.82, 2.24) is 5.32 Å². The average Bonchev–Trinajstić information content (AvgIpc) is 2.38. The van der Waals surface area contributed by atoms with E-state index in [0.717, 1.165) is 24.8 Å². The number of carbonyl (C=O) groups is 1. The van der Waals surface area contributed by atoms with Gasteiger partial charge in [0.1, 0.15) is 11.5 Å².